The molecule has 17 heavy (non-hydrogen) atoms. The van der Waals surface area contributed by atoms with Crippen molar-refractivity contribution in [2.75, 3.05) is 25.6 Å². The predicted molar refractivity (Wildman–Crippen MR) is 69.4 cm³/mol. The van der Waals surface area contributed by atoms with Crippen LogP contribution in [0.1, 0.15) is 26.7 Å². The summed E-state index contributed by atoms with van der Waals surface area (Å²) in [5.41, 5.74) is -0.0647. The summed E-state index contributed by atoms with van der Waals surface area (Å²) < 4.78 is 5.07. The second-order valence-corrected chi connectivity index (χ2v) is 4.28. The molecule has 1 aromatic rings. The van der Waals surface area contributed by atoms with Gasteiger partial charge in [-0.15, -0.1) is 0 Å². The molecule has 1 rings (SSSR count). The van der Waals surface area contributed by atoms with Crippen LogP contribution in [0.3, 0.4) is 0 Å². The van der Waals surface area contributed by atoms with E-state index in [1.807, 2.05) is 18.2 Å². The van der Waals surface area contributed by atoms with Gasteiger partial charge < -0.3 is 15.2 Å². The van der Waals surface area contributed by atoms with E-state index in [2.05, 4.69) is 24.1 Å². The maximum atomic E-state index is 9.47. The summed E-state index contributed by atoms with van der Waals surface area (Å²) in [6, 6.07) is 5.60. The fraction of sp³-hybridized carbons (Fsp3) is 0.615. The van der Waals surface area contributed by atoms with Crippen LogP contribution in [0, 0.1) is 5.41 Å². The Balaban J connectivity index is 2.65. The highest BCUT2D eigenvalue weighted by Crippen LogP contribution is 2.26. The standard InChI is InChI=1S/C13H22N2O2/c1-4-13(5-2,10-16)9-14-11-7-6-8-12(15-11)17-3/h6-8,16H,4-5,9-10H2,1-3H3,(H,14,15). The average Bonchev–Trinajstić information content (AvgIpc) is 2.41. The van der Waals surface area contributed by atoms with Crippen molar-refractivity contribution in [3.05, 3.63) is 18.2 Å². The van der Waals surface area contributed by atoms with Gasteiger partial charge >= 0.3 is 0 Å². The molecular formula is C13H22N2O2. The van der Waals surface area contributed by atoms with Gasteiger partial charge in [-0.05, 0) is 18.9 Å². The number of ether oxygens (including phenoxy) is 1. The highest BCUT2D eigenvalue weighted by molar-refractivity contribution is 5.37. The van der Waals surface area contributed by atoms with E-state index >= 15 is 0 Å². The molecule has 0 fully saturated rings. The smallest absolute Gasteiger partial charge is 0.214 e. The number of methoxy groups -OCH3 is 1. The summed E-state index contributed by atoms with van der Waals surface area (Å²) in [6.45, 7) is 5.11. The van der Waals surface area contributed by atoms with Gasteiger partial charge in [0.25, 0.3) is 0 Å². The second-order valence-electron chi connectivity index (χ2n) is 4.28. The lowest BCUT2D eigenvalue weighted by atomic mass is 9.83. The van der Waals surface area contributed by atoms with Crippen molar-refractivity contribution < 1.29 is 9.84 Å². The summed E-state index contributed by atoms with van der Waals surface area (Å²) in [5.74, 6) is 1.38. The Morgan fingerprint density at radius 2 is 2.06 bits per heavy atom. The molecule has 0 aliphatic carbocycles. The van der Waals surface area contributed by atoms with Gasteiger partial charge in [-0.25, -0.2) is 0 Å². The lowest BCUT2D eigenvalue weighted by molar-refractivity contribution is 0.127. The van der Waals surface area contributed by atoms with E-state index < -0.39 is 0 Å². The number of hydrogen-bond donors (Lipinski definition) is 2. The third-order valence-electron chi connectivity index (χ3n) is 3.41. The van der Waals surface area contributed by atoms with Gasteiger partial charge in [0, 0.05) is 18.0 Å². The zero-order valence-electron chi connectivity index (χ0n) is 10.9. The van der Waals surface area contributed by atoms with Crippen molar-refractivity contribution in [1.29, 1.82) is 0 Å². The molecule has 1 heterocycles. The molecule has 96 valence electrons. The molecule has 0 atom stereocenters. The van der Waals surface area contributed by atoms with Crippen molar-refractivity contribution in [1.82, 2.24) is 4.98 Å². The molecule has 1 aromatic heterocycles. The molecule has 2 N–H and O–H groups in total. The third kappa shape index (κ3) is 3.60. The van der Waals surface area contributed by atoms with E-state index in [1.165, 1.54) is 0 Å². The molecule has 0 aromatic carbocycles. The fourth-order valence-electron chi connectivity index (χ4n) is 1.68. The SMILES string of the molecule is CCC(CC)(CO)CNc1cccc(OC)n1. The number of rotatable bonds is 7. The van der Waals surface area contributed by atoms with Gasteiger partial charge in [0.2, 0.25) is 5.88 Å². The quantitative estimate of drug-likeness (QED) is 0.765. The minimum atomic E-state index is -0.0647. The van der Waals surface area contributed by atoms with Gasteiger partial charge in [-0.1, -0.05) is 19.9 Å². The number of aliphatic hydroxyl groups excluding tert-OH is 1. The molecule has 0 saturated carbocycles. The number of nitrogens with zero attached hydrogens (tertiary/aromatic N) is 1. The zero-order valence-corrected chi connectivity index (χ0v) is 10.9. The topological polar surface area (TPSA) is 54.4 Å². The van der Waals surface area contributed by atoms with E-state index in [1.54, 1.807) is 7.11 Å². The Hall–Kier alpha value is -1.29. The molecule has 0 aliphatic rings. The molecule has 0 spiro atoms. The first-order valence-corrected chi connectivity index (χ1v) is 6.05. The fourth-order valence-corrected chi connectivity index (χ4v) is 1.68. The lowest BCUT2D eigenvalue weighted by Gasteiger charge is -2.29. The minimum absolute atomic E-state index is 0.0647. The van der Waals surface area contributed by atoms with Crippen molar-refractivity contribution in [2.24, 2.45) is 5.41 Å². The van der Waals surface area contributed by atoms with Crippen LogP contribution in [0.15, 0.2) is 18.2 Å². The Morgan fingerprint density at radius 1 is 1.35 bits per heavy atom. The summed E-state index contributed by atoms with van der Waals surface area (Å²) in [6.07, 6.45) is 1.88. The highest BCUT2D eigenvalue weighted by Gasteiger charge is 2.24. The first kappa shape index (κ1) is 13.8. The van der Waals surface area contributed by atoms with E-state index in [0.717, 1.165) is 25.2 Å². The Kier molecular flexibility index (Phi) is 5.22. The van der Waals surface area contributed by atoms with Crippen molar-refractivity contribution in [3.8, 4) is 5.88 Å². The summed E-state index contributed by atoms with van der Waals surface area (Å²) in [5, 5.41) is 12.7. The van der Waals surface area contributed by atoms with Crippen LogP contribution in [0.2, 0.25) is 0 Å². The minimum Gasteiger partial charge on any atom is -0.481 e. The number of aromatic nitrogens is 1. The zero-order chi connectivity index (χ0) is 12.7. The first-order valence-electron chi connectivity index (χ1n) is 6.05. The number of nitrogens with one attached hydrogen (secondary N) is 1. The van der Waals surface area contributed by atoms with Crippen LogP contribution in [0.25, 0.3) is 0 Å². The van der Waals surface area contributed by atoms with Crippen molar-refractivity contribution in [2.45, 2.75) is 26.7 Å². The molecular weight excluding hydrogens is 216 g/mol. The van der Waals surface area contributed by atoms with Crippen molar-refractivity contribution in [3.63, 3.8) is 0 Å². The highest BCUT2D eigenvalue weighted by atomic mass is 16.5. The Bertz CT molecular complexity index is 330. The first-order chi connectivity index (χ1) is 8.19. The van der Waals surface area contributed by atoms with Gasteiger partial charge in [0.1, 0.15) is 5.82 Å². The summed E-state index contributed by atoms with van der Waals surface area (Å²) in [7, 11) is 1.60. The predicted octanol–water partition coefficient (Wildman–Crippen LogP) is 2.30. The molecule has 0 saturated heterocycles. The van der Waals surface area contributed by atoms with Crippen LogP contribution in [0.4, 0.5) is 5.82 Å². The molecule has 0 amide bonds. The van der Waals surface area contributed by atoms with Crippen LogP contribution in [-0.4, -0.2) is 30.4 Å². The van der Waals surface area contributed by atoms with E-state index in [4.69, 9.17) is 4.74 Å². The summed E-state index contributed by atoms with van der Waals surface area (Å²) >= 11 is 0. The average molecular weight is 238 g/mol. The second kappa shape index (κ2) is 6.45. The van der Waals surface area contributed by atoms with Crippen molar-refractivity contribution >= 4 is 5.82 Å². The Morgan fingerprint density at radius 3 is 2.59 bits per heavy atom. The molecule has 0 radical (unpaired) electrons. The van der Waals surface area contributed by atoms with E-state index in [9.17, 15) is 5.11 Å². The molecule has 0 aliphatic heterocycles. The van der Waals surface area contributed by atoms with Crippen LogP contribution in [-0.2, 0) is 0 Å². The van der Waals surface area contributed by atoms with Crippen LogP contribution >= 0.6 is 0 Å². The molecule has 4 heteroatoms. The molecule has 0 unspecified atom stereocenters. The van der Waals surface area contributed by atoms with Gasteiger partial charge in [0.15, 0.2) is 0 Å². The lowest BCUT2D eigenvalue weighted by Crippen LogP contribution is -2.32. The number of pyridine rings is 1. The van der Waals surface area contributed by atoms with Crippen LogP contribution in [0.5, 0.6) is 5.88 Å². The largest absolute Gasteiger partial charge is 0.481 e. The van der Waals surface area contributed by atoms with Gasteiger partial charge in [-0.3, -0.25) is 0 Å². The van der Waals surface area contributed by atoms with E-state index in [0.29, 0.717) is 5.88 Å². The molecule has 4 nitrogen and oxygen atoms in total. The number of anilines is 1. The molecule has 0 bridgehead atoms. The van der Waals surface area contributed by atoms with Gasteiger partial charge in [0.05, 0.1) is 13.7 Å². The van der Waals surface area contributed by atoms with E-state index in [-0.39, 0.29) is 12.0 Å². The maximum absolute atomic E-state index is 9.47. The van der Waals surface area contributed by atoms with Gasteiger partial charge in [-0.2, -0.15) is 4.98 Å². The van der Waals surface area contributed by atoms with Crippen LogP contribution < -0.4 is 10.1 Å². The normalized spacial score (nSPS) is 11.3. The Labute approximate surface area is 103 Å². The number of hydrogen-bond acceptors (Lipinski definition) is 4. The monoisotopic (exact) mass is 238 g/mol. The third-order valence-corrected chi connectivity index (χ3v) is 3.41. The maximum Gasteiger partial charge on any atom is 0.214 e. The number of aliphatic hydroxyl groups is 1. The summed E-state index contributed by atoms with van der Waals surface area (Å²) in [4.78, 5) is 4.28.